The average Bonchev–Trinajstić information content (AvgIpc) is 2.70. The highest BCUT2D eigenvalue weighted by atomic mass is 16.3. The molecule has 5 nitrogen and oxygen atoms in total. The Morgan fingerprint density at radius 3 is 2.76 bits per heavy atom. The van der Waals surface area contributed by atoms with E-state index in [1.54, 1.807) is 6.20 Å². The number of hydrogen-bond donors (Lipinski definition) is 2. The quantitative estimate of drug-likeness (QED) is 0.849. The van der Waals surface area contributed by atoms with Gasteiger partial charge in [-0.05, 0) is 32.9 Å². The van der Waals surface area contributed by atoms with Gasteiger partial charge >= 0.3 is 0 Å². The van der Waals surface area contributed by atoms with Crippen molar-refractivity contribution >= 4 is 11.8 Å². The van der Waals surface area contributed by atoms with Crippen LogP contribution in [0, 0.1) is 13.8 Å². The lowest BCUT2D eigenvalue weighted by Gasteiger charge is -2.13. The monoisotopic (exact) mass is 232 g/mol. The van der Waals surface area contributed by atoms with Gasteiger partial charge in [0.15, 0.2) is 0 Å². The number of nitrogen functional groups attached to an aromatic ring is 1. The second kappa shape index (κ2) is 4.45. The summed E-state index contributed by atoms with van der Waals surface area (Å²) in [7, 11) is 0. The summed E-state index contributed by atoms with van der Waals surface area (Å²) in [6, 6.07) is 3.93. The highest BCUT2D eigenvalue weighted by Crippen LogP contribution is 2.21. The number of aryl methyl sites for hydroxylation is 2. The summed E-state index contributed by atoms with van der Waals surface area (Å²) in [6.45, 7) is 5.86. The zero-order valence-corrected chi connectivity index (χ0v) is 10.2. The first-order valence-corrected chi connectivity index (χ1v) is 5.48. The van der Waals surface area contributed by atoms with Crippen molar-refractivity contribution in [1.82, 2.24) is 9.97 Å². The number of hydrogen-bond acceptors (Lipinski definition) is 5. The van der Waals surface area contributed by atoms with Gasteiger partial charge in [-0.25, -0.2) is 4.98 Å². The van der Waals surface area contributed by atoms with E-state index in [2.05, 4.69) is 15.3 Å². The first-order valence-electron chi connectivity index (χ1n) is 5.48. The molecule has 0 amide bonds. The smallest absolute Gasteiger partial charge is 0.221 e. The Labute approximate surface area is 100 Å². The van der Waals surface area contributed by atoms with Gasteiger partial charge in [-0.2, -0.15) is 4.98 Å². The number of nitrogens with two attached hydrogens (primary N) is 1. The van der Waals surface area contributed by atoms with Gasteiger partial charge in [-0.3, -0.25) is 0 Å². The van der Waals surface area contributed by atoms with Crippen molar-refractivity contribution in [2.75, 3.05) is 11.1 Å². The van der Waals surface area contributed by atoms with Crippen LogP contribution in [0.25, 0.3) is 0 Å². The van der Waals surface area contributed by atoms with Crippen LogP contribution in [0.3, 0.4) is 0 Å². The normalized spacial score (nSPS) is 12.4. The Kier molecular flexibility index (Phi) is 2.99. The molecule has 3 N–H and O–H groups in total. The van der Waals surface area contributed by atoms with Crippen LogP contribution in [0.1, 0.15) is 30.0 Å². The Morgan fingerprint density at radius 2 is 2.12 bits per heavy atom. The first-order chi connectivity index (χ1) is 8.06. The standard InChI is InChI=1S/C12H16N4O/c1-7-6-14-12(13)16-11(7)15-9(3)10-5-4-8(2)17-10/h4-6,9H,1-3H3,(H3,13,14,15,16). The average molecular weight is 232 g/mol. The van der Waals surface area contributed by atoms with Gasteiger partial charge in [0.2, 0.25) is 5.95 Å². The lowest BCUT2D eigenvalue weighted by molar-refractivity contribution is 0.466. The molecule has 0 spiro atoms. The molecule has 0 aliphatic carbocycles. The summed E-state index contributed by atoms with van der Waals surface area (Å²) in [5.74, 6) is 2.77. The van der Waals surface area contributed by atoms with Crippen molar-refractivity contribution in [2.45, 2.75) is 26.8 Å². The van der Waals surface area contributed by atoms with E-state index in [1.165, 1.54) is 0 Å². The van der Waals surface area contributed by atoms with Gasteiger partial charge in [0, 0.05) is 11.8 Å². The fourth-order valence-electron chi connectivity index (χ4n) is 1.56. The fourth-order valence-corrected chi connectivity index (χ4v) is 1.56. The minimum atomic E-state index is 0.0386. The molecule has 2 aromatic rings. The van der Waals surface area contributed by atoms with Gasteiger partial charge in [-0.15, -0.1) is 0 Å². The molecule has 0 aromatic carbocycles. The third-order valence-corrected chi connectivity index (χ3v) is 2.53. The SMILES string of the molecule is Cc1ccc(C(C)Nc2nc(N)ncc2C)o1. The van der Waals surface area contributed by atoms with E-state index in [4.69, 9.17) is 10.2 Å². The summed E-state index contributed by atoms with van der Waals surface area (Å²) in [5, 5.41) is 3.26. The number of rotatable bonds is 3. The Morgan fingerprint density at radius 1 is 1.35 bits per heavy atom. The third-order valence-electron chi connectivity index (χ3n) is 2.53. The highest BCUT2D eigenvalue weighted by Gasteiger charge is 2.11. The van der Waals surface area contributed by atoms with Crippen molar-refractivity contribution < 1.29 is 4.42 Å². The van der Waals surface area contributed by atoms with Crippen LogP contribution in [0.5, 0.6) is 0 Å². The molecular formula is C12H16N4O. The van der Waals surface area contributed by atoms with Crippen LogP contribution in [0.4, 0.5) is 11.8 Å². The van der Waals surface area contributed by atoms with E-state index in [0.29, 0.717) is 0 Å². The van der Waals surface area contributed by atoms with Crippen LogP contribution < -0.4 is 11.1 Å². The second-order valence-electron chi connectivity index (χ2n) is 4.07. The Hall–Kier alpha value is -2.04. The number of anilines is 2. The lowest BCUT2D eigenvalue weighted by Crippen LogP contribution is -2.10. The number of aromatic nitrogens is 2. The van der Waals surface area contributed by atoms with Gasteiger partial charge in [0.1, 0.15) is 17.3 Å². The molecule has 2 rings (SSSR count). The molecule has 0 fully saturated rings. The maximum Gasteiger partial charge on any atom is 0.221 e. The highest BCUT2D eigenvalue weighted by molar-refractivity contribution is 5.46. The van der Waals surface area contributed by atoms with E-state index in [1.807, 2.05) is 32.9 Å². The molecule has 0 bridgehead atoms. The molecular weight excluding hydrogens is 216 g/mol. The largest absolute Gasteiger partial charge is 0.464 e. The molecule has 90 valence electrons. The van der Waals surface area contributed by atoms with E-state index >= 15 is 0 Å². The van der Waals surface area contributed by atoms with Crippen molar-refractivity contribution in [3.05, 3.63) is 35.4 Å². The van der Waals surface area contributed by atoms with Crippen LogP contribution in [-0.4, -0.2) is 9.97 Å². The second-order valence-corrected chi connectivity index (χ2v) is 4.07. The van der Waals surface area contributed by atoms with Crippen molar-refractivity contribution in [3.63, 3.8) is 0 Å². The number of furan rings is 1. The molecule has 0 saturated heterocycles. The molecule has 5 heteroatoms. The van der Waals surface area contributed by atoms with Crippen molar-refractivity contribution in [3.8, 4) is 0 Å². The predicted molar refractivity (Wildman–Crippen MR) is 66.7 cm³/mol. The minimum absolute atomic E-state index is 0.0386. The third kappa shape index (κ3) is 2.55. The van der Waals surface area contributed by atoms with Crippen LogP contribution in [-0.2, 0) is 0 Å². The molecule has 0 saturated carbocycles. The van der Waals surface area contributed by atoms with Crippen LogP contribution >= 0.6 is 0 Å². The topological polar surface area (TPSA) is 77.0 Å². The summed E-state index contributed by atoms with van der Waals surface area (Å²) in [5.41, 5.74) is 6.51. The maximum atomic E-state index is 5.56. The summed E-state index contributed by atoms with van der Waals surface area (Å²) in [4.78, 5) is 8.09. The van der Waals surface area contributed by atoms with Gasteiger partial charge in [0.25, 0.3) is 0 Å². The van der Waals surface area contributed by atoms with Crippen LogP contribution in [0.15, 0.2) is 22.7 Å². The molecule has 0 radical (unpaired) electrons. The zero-order valence-electron chi connectivity index (χ0n) is 10.2. The van der Waals surface area contributed by atoms with E-state index in [-0.39, 0.29) is 12.0 Å². The minimum Gasteiger partial charge on any atom is -0.464 e. The van der Waals surface area contributed by atoms with E-state index in [9.17, 15) is 0 Å². The van der Waals surface area contributed by atoms with E-state index in [0.717, 1.165) is 22.9 Å². The molecule has 1 atom stereocenters. The van der Waals surface area contributed by atoms with Gasteiger partial charge < -0.3 is 15.5 Å². The predicted octanol–water partition coefficient (Wildman–Crippen LogP) is 2.44. The molecule has 0 aliphatic heterocycles. The van der Waals surface area contributed by atoms with Crippen molar-refractivity contribution in [2.24, 2.45) is 0 Å². The number of nitrogens with one attached hydrogen (secondary N) is 1. The summed E-state index contributed by atoms with van der Waals surface area (Å²) < 4.78 is 5.55. The Bertz CT molecular complexity index is 521. The molecule has 2 aromatic heterocycles. The van der Waals surface area contributed by atoms with Gasteiger partial charge in [0.05, 0.1) is 6.04 Å². The molecule has 1 unspecified atom stereocenters. The molecule has 17 heavy (non-hydrogen) atoms. The first kappa shape index (κ1) is 11.4. The number of nitrogens with zero attached hydrogens (tertiary/aromatic N) is 2. The molecule has 2 heterocycles. The zero-order chi connectivity index (χ0) is 12.4. The van der Waals surface area contributed by atoms with Gasteiger partial charge in [-0.1, -0.05) is 0 Å². The summed E-state index contributed by atoms with van der Waals surface area (Å²) in [6.07, 6.45) is 1.70. The molecule has 0 aliphatic rings. The lowest BCUT2D eigenvalue weighted by atomic mass is 10.2. The summed E-state index contributed by atoms with van der Waals surface area (Å²) >= 11 is 0. The van der Waals surface area contributed by atoms with Crippen LogP contribution in [0.2, 0.25) is 0 Å². The Balaban J connectivity index is 2.18. The maximum absolute atomic E-state index is 5.56. The van der Waals surface area contributed by atoms with Crippen molar-refractivity contribution in [1.29, 1.82) is 0 Å². The fraction of sp³-hybridized carbons (Fsp3) is 0.333. The van der Waals surface area contributed by atoms with E-state index < -0.39 is 0 Å².